The van der Waals surface area contributed by atoms with E-state index in [9.17, 15) is 9.59 Å². The van der Waals surface area contributed by atoms with E-state index in [1.807, 2.05) is 13.0 Å². The van der Waals surface area contributed by atoms with Crippen LogP contribution >= 0.6 is 0 Å². The third kappa shape index (κ3) is 1.49. The van der Waals surface area contributed by atoms with Gasteiger partial charge in [-0.1, -0.05) is 6.92 Å². The maximum absolute atomic E-state index is 12.1. The molecule has 0 aromatic rings. The standard InChI is InChI=1S/C11H14N5O2/c1-4-7-13-9-8(16(7)6-5-12)10(17)15(3)11(18)14(9)2/h8H,4,6H2,1-3H3/q+1. The van der Waals surface area contributed by atoms with Crippen molar-refractivity contribution >= 4 is 23.6 Å². The summed E-state index contributed by atoms with van der Waals surface area (Å²) in [7, 11) is 3.02. The number of aliphatic imine (C=N–C) groups is 1. The predicted octanol–water partition coefficient (Wildman–Crippen LogP) is -0.365. The number of urea groups is 1. The Balaban J connectivity index is 2.49. The summed E-state index contributed by atoms with van der Waals surface area (Å²) in [6, 6.07) is 0.981. The number of rotatable bonds is 2. The first-order chi connectivity index (χ1) is 8.52. The van der Waals surface area contributed by atoms with E-state index in [0.717, 1.165) is 4.90 Å². The second kappa shape index (κ2) is 4.22. The number of fused-ring (bicyclic) bond motifs is 1. The Kier molecular flexibility index (Phi) is 2.87. The average molecular weight is 248 g/mol. The molecule has 1 fully saturated rings. The Bertz CT molecular complexity index is 528. The minimum absolute atomic E-state index is 0.0858. The number of hydrogen-bond donors (Lipinski definition) is 0. The highest BCUT2D eigenvalue weighted by Gasteiger charge is 2.52. The molecule has 0 aromatic carbocycles. The zero-order valence-electron chi connectivity index (χ0n) is 10.5. The summed E-state index contributed by atoms with van der Waals surface area (Å²) in [6.45, 7) is 1.99. The minimum atomic E-state index is -0.646. The smallest absolute Gasteiger partial charge is 0.269 e. The van der Waals surface area contributed by atoms with Crippen molar-refractivity contribution in [2.45, 2.75) is 19.4 Å². The lowest BCUT2D eigenvalue weighted by Gasteiger charge is -2.30. The number of nitrogens with zero attached hydrogens (tertiary/aromatic N) is 5. The van der Waals surface area contributed by atoms with E-state index >= 15 is 0 Å². The van der Waals surface area contributed by atoms with Crippen molar-refractivity contribution in [1.29, 1.82) is 5.26 Å². The highest BCUT2D eigenvalue weighted by molar-refractivity contribution is 6.22. The zero-order valence-corrected chi connectivity index (χ0v) is 10.5. The lowest BCUT2D eigenvalue weighted by atomic mass is 10.1. The van der Waals surface area contributed by atoms with Crippen molar-refractivity contribution in [2.75, 3.05) is 20.6 Å². The van der Waals surface area contributed by atoms with E-state index in [2.05, 4.69) is 4.99 Å². The lowest BCUT2D eigenvalue weighted by molar-refractivity contribution is -0.524. The summed E-state index contributed by atoms with van der Waals surface area (Å²) in [4.78, 5) is 30.7. The number of amidine groups is 2. The third-order valence-corrected chi connectivity index (χ3v) is 3.17. The van der Waals surface area contributed by atoms with Gasteiger partial charge in [-0.05, 0) is 4.99 Å². The van der Waals surface area contributed by atoms with Gasteiger partial charge >= 0.3 is 6.03 Å². The Hall–Kier alpha value is -2.23. The molecule has 0 radical (unpaired) electrons. The molecule has 2 rings (SSSR count). The van der Waals surface area contributed by atoms with Crippen LogP contribution in [0, 0.1) is 11.3 Å². The van der Waals surface area contributed by atoms with Crippen molar-refractivity contribution in [3.8, 4) is 6.07 Å². The van der Waals surface area contributed by atoms with Crippen LogP contribution in [0.3, 0.4) is 0 Å². The molecule has 0 saturated carbocycles. The van der Waals surface area contributed by atoms with Gasteiger partial charge in [-0.2, -0.15) is 5.26 Å². The van der Waals surface area contributed by atoms with E-state index in [4.69, 9.17) is 5.26 Å². The largest absolute Gasteiger partial charge is 0.333 e. The summed E-state index contributed by atoms with van der Waals surface area (Å²) < 4.78 is 1.65. The molecule has 18 heavy (non-hydrogen) atoms. The molecule has 0 spiro atoms. The SMILES string of the molecule is CCC1=[N+](CC#N)C2C(=O)N(C)C(=O)N(C)C2=N1. The first kappa shape index (κ1) is 12.2. The fourth-order valence-corrected chi connectivity index (χ4v) is 2.19. The monoisotopic (exact) mass is 248 g/mol. The molecular weight excluding hydrogens is 234 g/mol. The van der Waals surface area contributed by atoms with Crippen LogP contribution in [-0.2, 0) is 4.79 Å². The van der Waals surface area contributed by atoms with Crippen LogP contribution in [0.4, 0.5) is 4.79 Å². The molecule has 3 amide bonds. The van der Waals surface area contributed by atoms with Crippen LogP contribution in [0.1, 0.15) is 13.3 Å². The van der Waals surface area contributed by atoms with Gasteiger partial charge < -0.3 is 0 Å². The van der Waals surface area contributed by atoms with Gasteiger partial charge in [0.1, 0.15) is 6.07 Å². The molecule has 2 heterocycles. The van der Waals surface area contributed by atoms with Crippen LogP contribution in [0.2, 0.25) is 0 Å². The molecule has 7 heteroatoms. The van der Waals surface area contributed by atoms with E-state index in [1.54, 1.807) is 11.6 Å². The molecule has 0 aromatic heterocycles. The summed E-state index contributed by atoms with van der Waals surface area (Å²) in [5.74, 6) is 0.741. The van der Waals surface area contributed by atoms with Crippen molar-refractivity contribution < 1.29 is 14.2 Å². The molecule has 2 aliphatic rings. The Labute approximate surface area is 105 Å². The Morgan fingerprint density at radius 1 is 1.39 bits per heavy atom. The number of amides is 3. The zero-order chi connectivity index (χ0) is 13.4. The van der Waals surface area contributed by atoms with Gasteiger partial charge in [0.2, 0.25) is 0 Å². The Morgan fingerprint density at radius 3 is 2.61 bits per heavy atom. The molecule has 1 saturated heterocycles. The fraction of sp³-hybridized carbons (Fsp3) is 0.545. The van der Waals surface area contributed by atoms with Crippen molar-refractivity contribution in [3.05, 3.63) is 0 Å². The van der Waals surface area contributed by atoms with Crippen LogP contribution in [-0.4, -0.2) is 64.7 Å². The normalized spacial score (nSPS) is 23.2. The molecule has 7 nitrogen and oxygen atoms in total. The molecule has 2 aliphatic heterocycles. The van der Waals surface area contributed by atoms with Crippen LogP contribution in [0.5, 0.6) is 0 Å². The number of hydrogen-bond acceptors (Lipinski definition) is 4. The lowest BCUT2D eigenvalue weighted by Crippen LogP contribution is -2.61. The van der Waals surface area contributed by atoms with Crippen LogP contribution in [0.15, 0.2) is 4.99 Å². The second-order valence-electron chi connectivity index (χ2n) is 4.17. The van der Waals surface area contributed by atoms with Gasteiger partial charge in [0.05, 0.1) is 6.42 Å². The van der Waals surface area contributed by atoms with E-state index in [1.165, 1.54) is 11.9 Å². The Morgan fingerprint density at radius 2 is 2.06 bits per heavy atom. The van der Waals surface area contributed by atoms with Crippen molar-refractivity contribution in [1.82, 2.24) is 9.80 Å². The molecule has 1 atom stereocenters. The second-order valence-corrected chi connectivity index (χ2v) is 4.17. The molecule has 0 N–H and O–H groups in total. The summed E-state index contributed by atoms with van der Waals surface area (Å²) in [5.41, 5.74) is 0. The minimum Gasteiger partial charge on any atom is -0.269 e. The van der Waals surface area contributed by atoms with Crippen LogP contribution in [0.25, 0.3) is 0 Å². The third-order valence-electron chi connectivity index (χ3n) is 3.17. The molecular formula is C11H14N5O2+. The van der Waals surface area contributed by atoms with Gasteiger partial charge in [-0.3, -0.25) is 14.6 Å². The molecule has 0 bridgehead atoms. The molecule has 94 valence electrons. The van der Waals surface area contributed by atoms with Gasteiger partial charge in [0.15, 0.2) is 6.54 Å². The van der Waals surface area contributed by atoms with Gasteiger partial charge in [-0.25, -0.2) is 9.37 Å². The number of carbonyl (C=O) groups is 2. The molecule has 0 aliphatic carbocycles. The van der Waals surface area contributed by atoms with Crippen LogP contribution < -0.4 is 0 Å². The van der Waals surface area contributed by atoms with Crippen molar-refractivity contribution in [3.63, 3.8) is 0 Å². The van der Waals surface area contributed by atoms with Gasteiger partial charge in [0.25, 0.3) is 23.6 Å². The summed E-state index contributed by atoms with van der Waals surface area (Å²) in [5, 5.41) is 8.84. The quantitative estimate of drug-likeness (QED) is 0.494. The number of likely N-dealkylation sites (N-methyl/N-ethyl adjacent to an activating group) is 2. The van der Waals surface area contributed by atoms with E-state index < -0.39 is 12.1 Å². The first-order valence-corrected chi connectivity index (χ1v) is 5.66. The highest BCUT2D eigenvalue weighted by atomic mass is 16.2. The van der Waals surface area contributed by atoms with Gasteiger partial charge in [0, 0.05) is 14.1 Å². The maximum Gasteiger partial charge on any atom is 0.333 e. The predicted molar refractivity (Wildman–Crippen MR) is 63.2 cm³/mol. The molecule has 1 unspecified atom stereocenters. The number of carbonyl (C=O) groups excluding carboxylic acids is 2. The fourth-order valence-electron chi connectivity index (χ4n) is 2.19. The number of imide groups is 1. The summed E-state index contributed by atoms with van der Waals surface area (Å²) in [6.07, 6.45) is 0.612. The average Bonchev–Trinajstić information content (AvgIpc) is 2.73. The number of nitriles is 1. The van der Waals surface area contributed by atoms with E-state index in [0.29, 0.717) is 18.1 Å². The van der Waals surface area contributed by atoms with E-state index in [-0.39, 0.29) is 12.5 Å². The maximum atomic E-state index is 12.1. The first-order valence-electron chi connectivity index (χ1n) is 5.66. The van der Waals surface area contributed by atoms with Gasteiger partial charge in [-0.15, -0.1) is 0 Å². The highest BCUT2D eigenvalue weighted by Crippen LogP contribution is 2.19. The van der Waals surface area contributed by atoms with Crippen molar-refractivity contribution in [2.24, 2.45) is 4.99 Å². The summed E-state index contributed by atoms with van der Waals surface area (Å²) >= 11 is 0. The topological polar surface area (TPSA) is 79.8 Å².